The van der Waals surface area contributed by atoms with Gasteiger partial charge in [0.05, 0.1) is 0 Å². The van der Waals surface area contributed by atoms with E-state index in [2.05, 4.69) is 82.3 Å². The Morgan fingerprint density at radius 1 is 0.741 bits per heavy atom. The van der Waals surface area contributed by atoms with E-state index in [1.165, 1.54) is 12.8 Å². The van der Waals surface area contributed by atoms with Crippen LogP contribution in [0.25, 0.3) is 10.8 Å². The van der Waals surface area contributed by atoms with Crippen LogP contribution < -0.4 is 26.4 Å². The maximum absolute atomic E-state index is 2.57. The largest absolute Gasteiger partial charge is 1.00 e. The van der Waals surface area contributed by atoms with Crippen LogP contribution in [0, 0.1) is 0 Å². The van der Waals surface area contributed by atoms with Gasteiger partial charge in [-0.3, -0.25) is 0 Å². The van der Waals surface area contributed by atoms with E-state index in [-0.39, 0.29) is 12.4 Å². The van der Waals surface area contributed by atoms with E-state index in [1.54, 1.807) is 35.9 Å². The van der Waals surface area contributed by atoms with Crippen LogP contribution in [0.4, 0.5) is 0 Å². The molecule has 0 fully saturated rings. The second kappa shape index (κ2) is 6.91. The summed E-state index contributed by atoms with van der Waals surface area (Å²) in [4.78, 5) is 0. The van der Waals surface area contributed by atoms with Crippen molar-refractivity contribution in [3.63, 3.8) is 0 Å². The van der Waals surface area contributed by atoms with Gasteiger partial charge in [0.15, 0.2) is 0 Å². The minimum Gasteiger partial charge on any atom is -1.00 e. The van der Waals surface area contributed by atoms with E-state index < -0.39 is 20.0 Å². The summed E-state index contributed by atoms with van der Waals surface area (Å²) in [5.41, 5.74) is 4.73. The van der Waals surface area contributed by atoms with Crippen molar-refractivity contribution in [2.45, 2.75) is 51.9 Å². The molecule has 0 saturated heterocycles. The van der Waals surface area contributed by atoms with E-state index in [0.29, 0.717) is 0 Å². The molecule has 0 bridgehead atoms. The number of benzene rings is 3. The van der Waals surface area contributed by atoms with Crippen LogP contribution >= 0.6 is 5.82 Å². The predicted molar refractivity (Wildman–Crippen MR) is 120 cm³/mol. The van der Waals surface area contributed by atoms with Crippen LogP contribution in [0.5, 0.6) is 0 Å². The summed E-state index contributed by atoms with van der Waals surface area (Å²) >= 11 is -1.37. The zero-order valence-corrected chi connectivity index (χ0v) is 20.1. The fourth-order valence-electron chi connectivity index (χ4n) is 5.57. The Kier molecular flexibility index (Phi) is 5.00. The van der Waals surface area contributed by atoms with Crippen LogP contribution in [0.2, 0.25) is 0 Å². The predicted octanol–water partition coefficient (Wildman–Crippen LogP) is 1.52. The zero-order chi connectivity index (χ0) is 18.1. The Bertz CT molecular complexity index is 992. The third kappa shape index (κ3) is 2.46. The molecule has 0 nitrogen and oxygen atoms in total. The molecule has 3 heteroatoms. The summed E-state index contributed by atoms with van der Waals surface area (Å²) in [5, 5.41) is 5.14. The van der Waals surface area contributed by atoms with Gasteiger partial charge in [0, 0.05) is 0 Å². The third-order valence-electron chi connectivity index (χ3n) is 6.47. The molecule has 2 aliphatic rings. The van der Waals surface area contributed by atoms with E-state index >= 15 is 0 Å². The molecule has 1 aliphatic carbocycles. The molecule has 0 amide bonds. The van der Waals surface area contributed by atoms with Gasteiger partial charge in [-0.05, 0) is 0 Å². The molecule has 5 rings (SSSR count). The number of rotatable bonds is 3. The van der Waals surface area contributed by atoms with Gasteiger partial charge in [-0.15, -0.1) is 0 Å². The van der Waals surface area contributed by atoms with Crippen molar-refractivity contribution in [1.29, 1.82) is 0 Å². The van der Waals surface area contributed by atoms with Crippen LogP contribution in [0.1, 0.15) is 38.8 Å². The molecule has 3 aromatic carbocycles. The standard InChI is InChI=1S/C24H27AsP.ClH/c1-16(2)26(17(3)4)22-15-13-19-11-10-18-12-14-21(24(22)23(18)19)25(26)20-8-6-5-7-9-20;/h5-9,12-17H,10-11H2,1-4H3;1H/q+1;/p-1. The topological polar surface area (TPSA) is 0 Å². The molecule has 3 aromatic rings. The summed E-state index contributed by atoms with van der Waals surface area (Å²) in [6.45, 7) is 10.1. The molecule has 140 valence electrons. The Morgan fingerprint density at radius 3 is 1.93 bits per heavy atom. The van der Waals surface area contributed by atoms with Crippen molar-refractivity contribution in [2.24, 2.45) is 0 Å². The first-order chi connectivity index (χ1) is 12.6. The summed E-state index contributed by atoms with van der Waals surface area (Å²) in [6.07, 6.45) is 2.48. The zero-order valence-electron chi connectivity index (χ0n) is 16.5. The Morgan fingerprint density at radius 2 is 1.33 bits per heavy atom. The quantitative estimate of drug-likeness (QED) is 0.414. The number of hydrogen-bond donors (Lipinski definition) is 0. The maximum atomic E-state index is 2.57. The molecule has 1 aliphatic heterocycles. The molecular formula is C24H27AsClP. The minimum absolute atomic E-state index is 0. The summed E-state index contributed by atoms with van der Waals surface area (Å²) in [5.74, 6) is -1.25. The molecule has 0 radical (unpaired) electrons. The van der Waals surface area contributed by atoms with Crippen molar-refractivity contribution >= 4 is 44.8 Å². The summed E-state index contributed by atoms with van der Waals surface area (Å²) in [6, 6.07) is 21.7. The average Bonchev–Trinajstić information content (AvgIpc) is 3.18. The Labute approximate surface area is 174 Å². The second-order valence-corrected chi connectivity index (χ2v) is 22.0. The number of halogens is 1. The van der Waals surface area contributed by atoms with Gasteiger partial charge in [-0.2, -0.15) is 0 Å². The van der Waals surface area contributed by atoms with Crippen LogP contribution in [0.3, 0.4) is 0 Å². The van der Waals surface area contributed by atoms with E-state index in [1.807, 2.05) is 0 Å². The van der Waals surface area contributed by atoms with Crippen molar-refractivity contribution < 1.29 is 12.4 Å². The van der Waals surface area contributed by atoms with Crippen molar-refractivity contribution in [2.75, 3.05) is 0 Å². The first-order valence-electron chi connectivity index (χ1n) is 9.89. The number of hydrogen-bond acceptors (Lipinski definition) is 0. The summed E-state index contributed by atoms with van der Waals surface area (Å²) < 4.78 is 3.43. The van der Waals surface area contributed by atoms with Crippen LogP contribution in [-0.4, -0.2) is 25.5 Å². The molecule has 0 spiro atoms. The first-order valence-corrected chi connectivity index (χ1v) is 16.2. The van der Waals surface area contributed by atoms with E-state index in [0.717, 1.165) is 11.3 Å². The fourth-order valence-corrected chi connectivity index (χ4v) is 28.2. The molecule has 27 heavy (non-hydrogen) atoms. The van der Waals surface area contributed by atoms with Crippen molar-refractivity contribution in [3.05, 3.63) is 65.7 Å². The summed E-state index contributed by atoms with van der Waals surface area (Å²) in [7, 11) is 0. The van der Waals surface area contributed by atoms with Gasteiger partial charge < -0.3 is 12.4 Å². The molecule has 1 unspecified atom stereocenters. The van der Waals surface area contributed by atoms with Crippen molar-refractivity contribution in [1.82, 2.24) is 0 Å². The Hall–Kier alpha value is -0.802. The number of aryl methyl sites for hydroxylation is 2. The minimum atomic E-state index is -1.37. The van der Waals surface area contributed by atoms with Crippen LogP contribution in [-0.2, 0) is 12.8 Å². The van der Waals surface area contributed by atoms with Crippen LogP contribution in [0.15, 0.2) is 54.6 Å². The van der Waals surface area contributed by atoms with Gasteiger partial charge in [0.25, 0.3) is 0 Å². The molecule has 1 atom stereocenters. The van der Waals surface area contributed by atoms with Gasteiger partial charge in [0.2, 0.25) is 0 Å². The van der Waals surface area contributed by atoms with Gasteiger partial charge in [0.1, 0.15) is 0 Å². The van der Waals surface area contributed by atoms with Gasteiger partial charge >= 0.3 is 162 Å². The van der Waals surface area contributed by atoms with E-state index in [9.17, 15) is 0 Å². The molecule has 0 saturated carbocycles. The molecular weight excluding hydrogens is 430 g/mol. The normalized spacial score (nSPS) is 19.1. The van der Waals surface area contributed by atoms with Gasteiger partial charge in [-0.25, -0.2) is 0 Å². The Balaban J connectivity index is 0.00000180. The molecule has 0 aromatic heterocycles. The third-order valence-corrected chi connectivity index (χ3v) is 28.5. The monoisotopic (exact) mass is 456 g/mol. The smallest absolute Gasteiger partial charge is 1.00 e. The SMILES string of the molecule is CC(C)[P+]1(C(C)C)c2ccc3c4c(ccc(c24)[As]1c1ccccc1)CC3.[Cl-]. The van der Waals surface area contributed by atoms with Crippen molar-refractivity contribution in [3.8, 4) is 0 Å². The first kappa shape index (κ1) is 19.5. The van der Waals surface area contributed by atoms with E-state index in [4.69, 9.17) is 0 Å². The molecule has 0 N–H and O–H groups in total. The molecule has 1 heterocycles. The maximum Gasteiger partial charge on any atom is -1.00 e. The second-order valence-electron chi connectivity index (χ2n) is 8.31. The average molecular weight is 457 g/mol. The fraction of sp³-hybridized carbons (Fsp3) is 0.333. The van der Waals surface area contributed by atoms with Gasteiger partial charge in [-0.1, -0.05) is 0 Å².